The van der Waals surface area contributed by atoms with Crippen molar-refractivity contribution < 1.29 is 37.0 Å². The lowest BCUT2D eigenvalue weighted by atomic mass is 10.1. The molecule has 0 radical (unpaired) electrons. The van der Waals surface area contributed by atoms with Crippen LogP contribution in [-0.4, -0.2) is 72.2 Å². The Bertz CT molecular complexity index is 1650. The number of halogens is 1. The second kappa shape index (κ2) is 15.4. The van der Waals surface area contributed by atoms with Crippen LogP contribution in [0.2, 0.25) is 5.02 Å². The summed E-state index contributed by atoms with van der Waals surface area (Å²) in [6, 6.07) is 14.9. The van der Waals surface area contributed by atoms with Gasteiger partial charge in [0.05, 0.1) is 39.0 Å². The Labute approximate surface area is 275 Å². The number of anilines is 1. The Kier molecular flexibility index (Phi) is 11.6. The molecule has 1 aliphatic rings. The molecule has 0 heterocycles. The average Bonchev–Trinajstić information content (AvgIpc) is 3.58. The summed E-state index contributed by atoms with van der Waals surface area (Å²) in [5.41, 5.74) is 0.664. The molecule has 0 saturated heterocycles. The number of amides is 2. The lowest BCUT2D eigenvalue weighted by Gasteiger charge is -2.33. The summed E-state index contributed by atoms with van der Waals surface area (Å²) in [6.45, 7) is 0.918. The topological polar surface area (TPSA) is 124 Å². The second-order valence-electron chi connectivity index (χ2n) is 10.8. The van der Waals surface area contributed by atoms with Crippen LogP contribution in [-0.2, 0) is 26.2 Å². The number of hydrogen-bond donors (Lipinski definition) is 1. The molecule has 0 spiro atoms. The first-order valence-electron chi connectivity index (χ1n) is 14.8. The molecule has 1 atom stereocenters. The van der Waals surface area contributed by atoms with Gasteiger partial charge in [0, 0.05) is 29.7 Å². The van der Waals surface area contributed by atoms with Crippen molar-refractivity contribution in [2.24, 2.45) is 0 Å². The molecule has 3 aromatic carbocycles. The molecule has 1 saturated carbocycles. The fourth-order valence-corrected chi connectivity index (χ4v) is 7.02. The van der Waals surface area contributed by atoms with Crippen LogP contribution in [0.1, 0.15) is 38.2 Å². The van der Waals surface area contributed by atoms with E-state index in [2.05, 4.69) is 5.32 Å². The molecule has 0 aromatic heterocycles. The smallest absolute Gasteiger partial charge is 0.265 e. The van der Waals surface area contributed by atoms with Crippen LogP contribution in [0.3, 0.4) is 0 Å². The quantitative estimate of drug-likeness (QED) is 0.252. The van der Waals surface area contributed by atoms with Crippen LogP contribution >= 0.6 is 11.6 Å². The van der Waals surface area contributed by atoms with Crippen molar-refractivity contribution in [2.45, 2.75) is 56.1 Å². The van der Waals surface area contributed by atoms with Gasteiger partial charge < -0.3 is 29.2 Å². The van der Waals surface area contributed by atoms with E-state index in [9.17, 15) is 18.0 Å². The third-order valence-corrected chi connectivity index (χ3v) is 10.2. The molecule has 3 aromatic rings. The molecular weight excluding hydrogens is 634 g/mol. The van der Waals surface area contributed by atoms with Gasteiger partial charge in [0.15, 0.2) is 11.5 Å². The predicted molar refractivity (Wildman–Crippen MR) is 175 cm³/mol. The van der Waals surface area contributed by atoms with Crippen LogP contribution < -0.4 is 28.6 Å². The van der Waals surface area contributed by atoms with E-state index in [0.29, 0.717) is 22.1 Å². The molecule has 13 heteroatoms. The summed E-state index contributed by atoms with van der Waals surface area (Å²) in [6.07, 6.45) is 3.77. The predicted octanol–water partition coefficient (Wildman–Crippen LogP) is 5.05. The minimum Gasteiger partial charge on any atom is -0.497 e. The van der Waals surface area contributed by atoms with Crippen molar-refractivity contribution in [2.75, 3.05) is 39.3 Å². The van der Waals surface area contributed by atoms with Crippen LogP contribution in [0.4, 0.5) is 5.69 Å². The zero-order valence-corrected chi connectivity index (χ0v) is 28.2. The number of hydrogen-bond acceptors (Lipinski definition) is 8. The standard InChI is InChI=1S/C33H40ClN3O8S/c1-22(33(39)35-24-11-7-8-12-24)36(20-23-10-6-9-13-27(23)34)32(38)21-37(28-18-25(42-2)14-16-29(28)43-3)46(40,41)26-15-17-30(44-4)31(19-26)45-5/h6,9-10,13-19,22,24H,7-8,11-12,20-21H2,1-5H3,(H,35,39)/t22-/m0/s1. The molecule has 248 valence electrons. The lowest BCUT2D eigenvalue weighted by molar-refractivity contribution is -0.139. The Morgan fingerprint density at radius 3 is 2.17 bits per heavy atom. The Balaban J connectivity index is 1.80. The van der Waals surface area contributed by atoms with Gasteiger partial charge in [-0.2, -0.15) is 0 Å². The number of rotatable bonds is 14. The summed E-state index contributed by atoms with van der Waals surface area (Å²) in [7, 11) is 1.22. The third kappa shape index (κ3) is 7.79. The molecule has 4 rings (SSSR count). The van der Waals surface area contributed by atoms with Crippen molar-refractivity contribution in [1.29, 1.82) is 0 Å². The minimum absolute atomic E-state index is 0.0233. The zero-order chi connectivity index (χ0) is 33.4. The van der Waals surface area contributed by atoms with Gasteiger partial charge in [-0.1, -0.05) is 42.6 Å². The van der Waals surface area contributed by atoms with E-state index < -0.39 is 28.5 Å². The molecule has 1 N–H and O–H groups in total. The molecule has 0 bridgehead atoms. The number of sulfonamides is 1. The number of carbonyl (C=O) groups excluding carboxylic acids is 2. The van der Waals surface area contributed by atoms with Crippen molar-refractivity contribution >= 4 is 39.1 Å². The van der Waals surface area contributed by atoms with E-state index in [1.165, 1.54) is 57.6 Å². The molecule has 2 amide bonds. The summed E-state index contributed by atoms with van der Waals surface area (Å²) >= 11 is 6.48. The van der Waals surface area contributed by atoms with Crippen molar-refractivity contribution in [1.82, 2.24) is 10.2 Å². The van der Waals surface area contributed by atoms with Gasteiger partial charge in [0.25, 0.3) is 10.0 Å². The van der Waals surface area contributed by atoms with Gasteiger partial charge in [-0.15, -0.1) is 0 Å². The Morgan fingerprint density at radius 2 is 1.54 bits per heavy atom. The van der Waals surface area contributed by atoms with E-state index in [1.807, 2.05) is 0 Å². The molecule has 1 aliphatic carbocycles. The summed E-state index contributed by atoms with van der Waals surface area (Å²) in [5.74, 6) is 0.0693. The summed E-state index contributed by atoms with van der Waals surface area (Å²) in [4.78, 5) is 29.0. The average molecular weight is 674 g/mol. The molecule has 46 heavy (non-hydrogen) atoms. The second-order valence-corrected chi connectivity index (χ2v) is 13.1. The fourth-order valence-electron chi connectivity index (χ4n) is 5.39. The third-order valence-electron chi connectivity index (χ3n) is 8.04. The number of carbonyl (C=O) groups is 2. The van der Waals surface area contributed by atoms with Crippen LogP contribution in [0.15, 0.2) is 65.6 Å². The molecular formula is C33H40ClN3O8S. The maximum atomic E-state index is 14.4. The maximum Gasteiger partial charge on any atom is 0.265 e. The SMILES string of the molecule is COc1ccc(OC)c(N(CC(=O)N(Cc2ccccc2Cl)[C@@H](C)C(=O)NC2CCCC2)S(=O)(=O)c2ccc(OC)c(OC)c2)c1. The molecule has 1 fully saturated rings. The molecule has 0 unspecified atom stereocenters. The first-order valence-corrected chi connectivity index (χ1v) is 16.7. The van der Waals surface area contributed by atoms with Gasteiger partial charge in [0.1, 0.15) is 24.1 Å². The fraction of sp³-hybridized carbons (Fsp3) is 0.394. The maximum absolute atomic E-state index is 14.4. The number of methoxy groups -OCH3 is 4. The Morgan fingerprint density at radius 1 is 0.891 bits per heavy atom. The number of ether oxygens (including phenoxy) is 4. The number of nitrogens with one attached hydrogen (secondary N) is 1. The van der Waals surface area contributed by atoms with Gasteiger partial charge in [0.2, 0.25) is 11.8 Å². The lowest BCUT2D eigenvalue weighted by Crippen LogP contribution is -2.52. The van der Waals surface area contributed by atoms with Crippen molar-refractivity contribution in [3.8, 4) is 23.0 Å². The Hall–Kier alpha value is -4.16. The first-order chi connectivity index (χ1) is 22.0. The van der Waals surface area contributed by atoms with Crippen LogP contribution in [0.25, 0.3) is 0 Å². The minimum atomic E-state index is -4.46. The van der Waals surface area contributed by atoms with E-state index in [1.54, 1.807) is 43.3 Å². The highest BCUT2D eigenvalue weighted by molar-refractivity contribution is 7.92. The van der Waals surface area contributed by atoms with E-state index in [0.717, 1.165) is 30.0 Å². The zero-order valence-electron chi connectivity index (χ0n) is 26.6. The van der Waals surface area contributed by atoms with Crippen molar-refractivity contribution in [3.63, 3.8) is 0 Å². The largest absolute Gasteiger partial charge is 0.497 e. The van der Waals surface area contributed by atoms with E-state index in [4.69, 9.17) is 30.5 Å². The normalized spacial score (nSPS) is 13.9. The highest BCUT2D eigenvalue weighted by Crippen LogP contribution is 2.38. The van der Waals surface area contributed by atoms with E-state index in [-0.39, 0.29) is 40.6 Å². The molecule has 11 nitrogen and oxygen atoms in total. The van der Waals surface area contributed by atoms with Crippen molar-refractivity contribution in [3.05, 3.63) is 71.2 Å². The van der Waals surface area contributed by atoms with Crippen LogP contribution in [0, 0.1) is 0 Å². The van der Waals surface area contributed by atoms with Gasteiger partial charge in [-0.25, -0.2) is 8.42 Å². The summed E-state index contributed by atoms with van der Waals surface area (Å²) in [5, 5.41) is 3.46. The van der Waals surface area contributed by atoms with Gasteiger partial charge >= 0.3 is 0 Å². The molecule has 0 aliphatic heterocycles. The van der Waals surface area contributed by atoms with Gasteiger partial charge in [-0.05, 0) is 55.7 Å². The highest BCUT2D eigenvalue weighted by Gasteiger charge is 2.35. The van der Waals surface area contributed by atoms with Gasteiger partial charge in [-0.3, -0.25) is 13.9 Å². The number of nitrogens with zero attached hydrogens (tertiary/aromatic N) is 2. The first kappa shape index (κ1) is 34.7. The van der Waals surface area contributed by atoms with E-state index >= 15 is 0 Å². The highest BCUT2D eigenvalue weighted by atomic mass is 35.5. The number of benzene rings is 3. The monoisotopic (exact) mass is 673 g/mol. The van der Waals surface area contributed by atoms with Crippen LogP contribution in [0.5, 0.6) is 23.0 Å². The summed E-state index contributed by atoms with van der Waals surface area (Å²) < 4.78 is 51.4.